The second-order valence-corrected chi connectivity index (χ2v) is 7.92. The quantitative estimate of drug-likeness (QED) is 0.604. The molecule has 0 aliphatic carbocycles. The highest BCUT2D eigenvalue weighted by Gasteiger charge is 2.48. The SMILES string of the molecule is CCCCN(CN[C@@H](CO)CC(C)(C)C(F)(F)F)C(=O)OC(C)(C)C. The van der Waals surface area contributed by atoms with Crippen molar-refractivity contribution >= 4 is 6.09 Å². The lowest BCUT2D eigenvalue weighted by molar-refractivity contribution is -0.216. The minimum atomic E-state index is -4.37. The third-order valence-electron chi connectivity index (χ3n) is 3.75. The molecule has 25 heavy (non-hydrogen) atoms. The molecule has 1 amide bonds. The molecule has 0 aromatic rings. The summed E-state index contributed by atoms with van der Waals surface area (Å²) in [6.45, 7) is 9.42. The molecule has 0 heterocycles. The van der Waals surface area contributed by atoms with Crippen LogP contribution in [0.1, 0.15) is 60.8 Å². The Morgan fingerprint density at radius 3 is 2.16 bits per heavy atom. The summed E-state index contributed by atoms with van der Waals surface area (Å²) in [5.41, 5.74) is -2.59. The van der Waals surface area contributed by atoms with E-state index in [-0.39, 0.29) is 13.1 Å². The van der Waals surface area contributed by atoms with Crippen molar-refractivity contribution in [1.82, 2.24) is 10.2 Å². The van der Waals surface area contributed by atoms with Crippen molar-refractivity contribution in [3.63, 3.8) is 0 Å². The third kappa shape index (κ3) is 9.30. The number of nitrogens with one attached hydrogen (secondary N) is 1. The number of aliphatic hydroxyl groups excluding tert-OH is 1. The van der Waals surface area contributed by atoms with E-state index < -0.39 is 35.9 Å². The number of rotatable bonds is 9. The lowest BCUT2D eigenvalue weighted by Gasteiger charge is -2.33. The molecule has 2 N–H and O–H groups in total. The molecule has 1 atom stereocenters. The van der Waals surface area contributed by atoms with Gasteiger partial charge in [0.15, 0.2) is 0 Å². The molecule has 0 bridgehead atoms. The maximum atomic E-state index is 13.0. The lowest BCUT2D eigenvalue weighted by atomic mass is 9.85. The average Bonchev–Trinajstić information content (AvgIpc) is 2.42. The van der Waals surface area contributed by atoms with E-state index in [1.165, 1.54) is 4.90 Å². The van der Waals surface area contributed by atoms with Crippen LogP contribution in [0.3, 0.4) is 0 Å². The van der Waals surface area contributed by atoms with Crippen LogP contribution in [0, 0.1) is 5.41 Å². The van der Waals surface area contributed by atoms with E-state index >= 15 is 0 Å². The van der Waals surface area contributed by atoms with Crippen LogP contribution in [-0.4, -0.2) is 53.7 Å². The van der Waals surface area contributed by atoms with Crippen LogP contribution >= 0.6 is 0 Å². The molecule has 5 nitrogen and oxygen atoms in total. The van der Waals surface area contributed by atoms with Gasteiger partial charge in [0.2, 0.25) is 0 Å². The monoisotopic (exact) mass is 370 g/mol. The highest BCUT2D eigenvalue weighted by molar-refractivity contribution is 5.68. The van der Waals surface area contributed by atoms with Gasteiger partial charge in [0, 0.05) is 12.6 Å². The van der Waals surface area contributed by atoms with Gasteiger partial charge in [-0.1, -0.05) is 27.2 Å². The molecule has 8 heteroatoms. The van der Waals surface area contributed by atoms with Crippen molar-refractivity contribution in [2.75, 3.05) is 19.8 Å². The molecular weight excluding hydrogens is 337 g/mol. The Morgan fingerprint density at radius 2 is 1.76 bits per heavy atom. The second kappa shape index (κ2) is 9.62. The van der Waals surface area contributed by atoms with Crippen molar-refractivity contribution in [3.8, 4) is 0 Å². The summed E-state index contributed by atoms with van der Waals surface area (Å²) < 4.78 is 44.4. The second-order valence-electron chi connectivity index (χ2n) is 7.92. The van der Waals surface area contributed by atoms with Gasteiger partial charge in [-0.2, -0.15) is 13.2 Å². The predicted octanol–water partition coefficient (Wildman–Crippen LogP) is 3.91. The number of amides is 1. The van der Waals surface area contributed by atoms with Crippen LogP contribution in [0.15, 0.2) is 0 Å². The Hall–Kier alpha value is -1.02. The van der Waals surface area contributed by atoms with Gasteiger partial charge in [-0.05, 0) is 33.6 Å². The Labute approximate surface area is 148 Å². The van der Waals surface area contributed by atoms with Crippen LogP contribution in [0.5, 0.6) is 0 Å². The molecular formula is C17H33F3N2O3. The smallest absolute Gasteiger partial charge is 0.411 e. The number of unbranched alkanes of at least 4 members (excludes halogenated alkanes) is 1. The van der Waals surface area contributed by atoms with E-state index in [2.05, 4.69) is 5.32 Å². The van der Waals surface area contributed by atoms with E-state index in [0.29, 0.717) is 6.54 Å². The van der Waals surface area contributed by atoms with Crippen molar-refractivity contribution in [2.45, 2.75) is 78.6 Å². The molecule has 0 saturated carbocycles. The summed E-state index contributed by atoms with van der Waals surface area (Å²) in [6.07, 6.45) is -3.57. The summed E-state index contributed by atoms with van der Waals surface area (Å²) in [6, 6.07) is -0.775. The largest absolute Gasteiger partial charge is 0.444 e. The van der Waals surface area contributed by atoms with Crippen LogP contribution in [0.25, 0.3) is 0 Å². The molecule has 0 aliphatic heterocycles. The topological polar surface area (TPSA) is 61.8 Å². The van der Waals surface area contributed by atoms with Crippen LogP contribution in [0.4, 0.5) is 18.0 Å². The normalized spacial score (nSPS) is 14.3. The van der Waals surface area contributed by atoms with E-state index in [4.69, 9.17) is 4.74 Å². The number of hydrogen-bond donors (Lipinski definition) is 2. The van der Waals surface area contributed by atoms with Gasteiger partial charge < -0.3 is 9.84 Å². The van der Waals surface area contributed by atoms with E-state index in [0.717, 1.165) is 26.7 Å². The number of ether oxygens (including phenoxy) is 1. The minimum Gasteiger partial charge on any atom is -0.444 e. The van der Waals surface area contributed by atoms with Crippen molar-refractivity contribution < 1.29 is 27.8 Å². The fourth-order valence-electron chi connectivity index (χ4n) is 2.08. The van der Waals surface area contributed by atoms with Crippen LogP contribution < -0.4 is 5.32 Å². The number of aliphatic hydroxyl groups is 1. The standard InChI is InChI=1S/C17H33F3N2O3/c1-7-8-9-22(14(24)25-15(2,3)4)12-21-13(11-23)10-16(5,6)17(18,19)20/h13,21,23H,7-12H2,1-6H3/t13-/m1/s1. The van der Waals surface area contributed by atoms with Crippen LogP contribution in [0.2, 0.25) is 0 Å². The first kappa shape index (κ1) is 24.0. The molecule has 0 aromatic heterocycles. The number of carbonyl (C=O) groups excluding carboxylic acids is 1. The van der Waals surface area contributed by atoms with Gasteiger partial charge in [-0.25, -0.2) is 4.79 Å². The Balaban J connectivity index is 4.85. The number of hydrogen-bond acceptors (Lipinski definition) is 4. The summed E-state index contributed by atoms with van der Waals surface area (Å²) in [7, 11) is 0. The number of halogens is 3. The summed E-state index contributed by atoms with van der Waals surface area (Å²) in [5, 5.41) is 12.3. The van der Waals surface area contributed by atoms with Gasteiger partial charge in [-0.15, -0.1) is 0 Å². The van der Waals surface area contributed by atoms with Crippen LogP contribution in [-0.2, 0) is 4.74 Å². The first-order chi connectivity index (χ1) is 11.2. The molecule has 0 unspecified atom stereocenters. The summed E-state index contributed by atoms with van der Waals surface area (Å²) in [5.74, 6) is 0. The maximum Gasteiger partial charge on any atom is 0.411 e. The average molecular weight is 370 g/mol. The first-order valence-corrected chi connectivity index (χ1v) is 8.62. The summed E-state index contributed by atoms with van der Waals surface area (Å²) in [4.78, 5) is 13.6. The highest BCUT2D eigenvalue weighted by atomic mass is 19.4. The minimum absolute atomic E-state index is 0.0219. The van der Waals surface area contributed by atoms with E-state index in [1.54, 1.807) is 20.8 Å². The number of carbonyl (C=O) groups is 1. The van der Waals surface area contributed by atoms with Gasteiger partial charge in [0.25, 0.3) is 0 Å². The molecule has 0 aromatic carbocycles. The Morgan fingerprint density at radius 1 is 1.20 bits per heavy atom. The Bertz CT molecular complexity index is 407. The molecule has 0 aliphatic rings. The zero-order valence-electron chi connectivity index (χ0n) is 16.2. The van der Waals surface area contributed by atoms with Crippen molar-refractivity contribution in [3.05, 3.63) is 0 Å². The third-order valence-corrected chi connectivity index (χ3v) is 3.75. The van der Waals surface area contributed by atoms with Crippen molar-refractivity contribution in [1.29, 1.82) is 0 Å². The molecule has 0 spiro atoms. The Kier molecular flexibility index (Phi) is 9.22. The summed E-state index contributed by atoms with van der Waals surface area (Å²) >= 11 is 0. The molecule has 0 fully saturated rings. The predicted molar refractivity (Wildman–Crippen MR) is 91.2 cm³/mol. The first-order valence-electron chi connectivity index (χ1n) is 8.62. The van der Waals surface area contributed by atoms with Gasteiger partial charge >= 0.3 is 12.3 Å². The zero-order valence-corrected chi connectivity index (χ0v) is 16.2. The van der Waals surface area contributed by atoms with Gasteiger partial charge in [0.1, 0.15) is 5.60 Å². The number of nitrogens with zero attached hydrogens (tertiary/aromatic N) is 1. The molecule has 0 rings (SSSR count). The molecule has 150 valence electrons. The van der Waals surface area contributed by atoms with Gasteiger partial charge in [-0.3, -0.25) is 10.2 Å². The van der Waals surface area contributed by atoms with Crippen molar-refractivity contribution in [2.24, 2.45) is 5.41 Å². The highest BCUT2D eigenvalue weighted by Crippen LogP contribution is 2.41. The molecule has 0 radical (unpaired) electrons. The van der Waals surface area contributed by atoms with E-state index in [1.807, 2.05) is 6.92 Å². The van der Waals surface area contributed by atoms with Gasteiger partial charge in [0.05, 0.1) is 18.7 Å². The fourth-order valence-corrected chi connectivity index (χ4v) is 2.08. The number of alkyl halides is 3. The molecule has 0 saturated heterocycles. The fraction of sp³-hybridized carbons (Fsp3) is 0.941. The maximum absolute atomic E-state index is 13.0. The zero-order chi connectivity index (χ0) is 19.9. The lowest BCUT2D eigenvalue weighted by Crippen LogP contribution is -2.48. The van der Waals surface area contributed by atoms with E-state index in [9.17, 15) is 23.1 Å².